The van der Waals surface area contributed by atoms with E-state index in [0.29, 0.717) is 0 Å². The molecule has 4 heteroatoms. The van der Waals surface area contributed by atoms with Crippen LogP contribution in [0.25, 0.3) is 0 Å². The first-order chi connectivity index (χ1) is 7.29. The largest absolute Gasteiger partial charge is 0.368 e. The molecule has 0 N–H and O–H groups in total. The van der Waals surface area contributed by atoms with Crippen molar-refractivity contribution in [2.45, 2.75) is 0 Å². The smallest absolute Gasteiger partial charge is 0.209 e. The second-order valence-electron chi connectivity index (χ2n) is 3.60. The molecule has 1 aromatic carbocycles. The van der Waals surface area contributed by atoms with Crippen LogP contribution in [0.3, 0.4) is 0 Å². The molecule has 1 fully saturated rings. The van der Waals surface area contributed by atoms with Gasteiger partial charge in [0.1, 0.15) is 0 Å². The molecule has 1 amide bonds. The maximum absolute atomic E-state index is 10.5. The van der Waals surface area contributed by atoms with Crippen LogP contribution in [0.1, 0.15) is 0 Å². The maximum Gasteiger partial charge on any atom is 0.209 e. The lowest BCUT2D eigenvalue weighted by molar-refractivity contribution is -0.118. The summed E-state index contributed by atoms with van der Waals surface area (Å²) < 4.78 is 1.10. The molecule has 0 saturated carbocycles. The summed E-state index contributed by atoms with van der Waals surface area (Å²) in [5.41, 5.74) is 1.23. The van der Waals surface area contributed by atoms with Gasteiger partial charge in [-0.05, 0) is 24.3 Å². The van der Waals surface area contributed by atoms with Gasteiger partial charge in [-0.2, -0.15) is 0 Å². The van der Waals surface area contributed by atoms with Crippen LogP contribution in [0.4, 0.5) is 5.69 Å². The summed E-state index contributed by atoms with van der Waals surface area (Å²) in [5.74, 6) is 0. The number of carbonyl (C=O) groups is 1. The van der Waals surface area contributed by atoms with Crippen LogP contribution in [0.5, 0.6) is 0 Å². The van der Waals surface area contributed by atoms with Gasteiger partial charge in [-0.3, -0.25) is 4.79 Å². The SMILES string of the molecule is O=CN1CCN(c2ccc(Br)cc2)CC1. The Balaban J connectivity index is 2.01. The molecular weight excluding hydrogens is 256 g/mol. The van der Waals surface area contributed by atoms with E-state index >= 15 is 0 Å². The molecular formula is C11H13BrN2O. The Morgan fingerprint density at radius 1 is 1.07 bits per heavy atom. The Morgan fingerprint density at radius 3 is 2.20 bits per heavy atom. The Hall–Kier alpha value is -1.03. The van der Waals surface area contributed by atoms with Crippen molar-refractivity contribution in [3.8, 4) is 0 Å². The summed E-state index contributed by atoms with van der Waals surface area (Å²) in [5, 5.41) is 0. The number of rotatable bonds is 2. The van der Waals surface area contributed by atoms with Crippen LogP contribution in [-0.4, -0.2) is 37.5 Å². The summed E-state index contributed by atoms with van der Waals surface area (Å²) in [6.07, 6.45) is 0.929. The molecule has 1 aliphatic heterocycles. The van der Waals surface area contributed by atoms with E-state index in [1.54, 1.807) is 0 Å². The number of anilines is 1. The average molecular weight is 269 g/mol. The minimum atomic E-state index is 0.819. The quantitative estimate of drug-likeness (QED) is 0.763. The van der Waals surface area contributed by atoms with E-state index < -0.39 is 0 Å². The lowest BCUT2D eigenvalue weighted by Gasteiger charge is -2.34. The third kappa shape index (κ3) is 2.50. The molecule has 1 heterocycles. The number of nitrogens with zero attached hydrogens (tertiary/aromatic N) is 2. The van der Waals surface area contributed by atoms with Crippen molar-refractivity contribution in [2.24, 2.45) is 0 Å². The number of piperazine rings is 1. The normalized spacial score (nSPS) is 16.6. The predicted octanol–water partition coefficient (Wildman–Crippen LogP) is 1.73. The van der Waals surface area contributed by atoms with Gasteiger partial charge in [-0.25, -0.2) is 0 Å². The molecule has 0 radical (unpaired) electrons. The lowest BCUT2D eigenvalue weighted by Crippen LogP contribution is -2.45. The van der Waals surface area contributed by atoms with E-state index in [4.69, 9.17) is 0 Å². The van der Waals surface area contributed by atoms with Crippen LogP contribution in [-0.2, 0) is 4.79 Å². The van der Waals surface area contributed by atoms with Crippen molar-refractivity contribution in [1.29, 1.82) is 0 Å². The van der Waals surface area contributed by atoms with Gasteiger partial charge in [0.2, 0.25) is 6.41 Å². The van der Waals surface area contributed by atoms with E-state index in [1.165, 1.54) is 5.69 Å². The van der Waals surface area contributed by atoms with Crippen molar-refractivity contribution >= 4 is 28.0 Å². The predicted molar refractivity (Wildman–Crippen MR) is 64.0 cm³/mol. The highest BCUT2D eigenvalue weighted by Gasteiger charge is 2.15. The zero-order valence-electron chi connectivity index (χ0n) is 8.40. The van der Waals surface area contributed by atoms with Crippen molar-refractivity contribution in [3.63, 3.8) is 0 Å². The molecule has 15 heavy (non-hydrogen) atoms. The molecule has 0 spiro atoms. The summed E-state index contributed by atoms with van der Waals surface area (Å²) in [6.45, 7) is 3.47. The summed E-state index contributed by atoms with van der Waals surface area (Å²) >= 11 is 3.42. The van der Waals surface area contributed by atoms with Gasteiger partial charge in [0, 0.05) is 36.3 Å². The molecule has 1 aromatic rings. The number of hydrogen-bond donors (Lipinski definition) is 0. The highest BCUT2D eigenvalue weighted by molar-refractivity contribution is 9.10. The molecule has 0 bridgehead atoms. The molecule has 3 nitrogen and oxygen atoms in total. The van der Waals surface area contributed by atoms with Crippen LogP contribution >= 0.6 is 15.9 Å². The summed E-state index contributed by atoms with van der Waals surface area (Å²) in [4.78, 5) is 14.7. The summed E-state index contributed by atoms with van der Waals surface area (Å²) in [7, 11) is 0. The Kier molecular flexibility index (Phi) is 3.26. The Morgan fingerprint density at radius 2 is 1.67 bits per heavy atom. The van der Waals surface area contributed by atoms with Crippen LogP contribution in [0, 0.1) is 0 Å². The van der Waals surface area contributed by atoms with Crippen molar-refractivity contribution in [1.82, 2.24) is 4.90 Å². The molecule has 0 atom stereocenters. The van der Waals surface area contributed by atoms with Gasteiger partial charge in [-0.15, -0.1) is 0 Å². The first kappa shape index (κ1) is 10.5. The lowest BCUT2D eigenvalue weighted by atomic mass is 10.2. The number of halogens is 1. The highest BCUT2D eigenvalue weighted by Crippen LogP contribution is 2.19. The minimum Gasteiger partial charge on any atom is -0.368 e. The molecule has 1 aliphatic rings. The third-order valence-electron chi connectivity index (χ3n) is 2.66. The van der Waals surface area contributed by atoms with Gasteiger partial charge in [0.25, 0.3) is 0 Å². The van der Waals surface area contributed by atoms with Gasteiger partial charge < -0.3 is 9.80 Å². The molecule has 0 unspecified atom stereocenters. The van der Waals surface area contributed by atoms with E-state index in [0.717, 1.165) is 37.1 Å². The van der Waals surface area contributed by atoms with Gasteiger partial charge in [0.15, 0.2) is 0 Å². The average Bonchev–Trinajstić information content (AvgIpc) is 2.30. The first-order valence-electron chi connectivity index (χ1n) is 4.99. The first-order valence-corrected chi connectivity index (χ1v) is 5.79. The van der Waals surface area contributed by atoms with Crippen molar-refractivity contribution in [2.75, 3.05) is 31.1 Å². The minimum absolute atomic E-state index is 0.819. The molecule has 1 saturated heterocycles. The maximum atomic E-state index is 10.5. The fourth-order valence-electron chi connectivity index (χ4n) is 1.74. The van der Waals surface area contributed by atoms with Crippen LogP contribution < -0.4 is 4.90 Å². The number of amides is 1. The number of benzene rings is 1. The Labute approximate surface area is 97.8 Å². The standard InChI is InChI=1S/C11H13BrN2O/c12-10-1-3-11(4-2-10)14-7-5-13(9-15)6-8-14/h1-4,9H,5-8H2. The second kappa shape index (κ2) is 4.66. The highest BCUT2D eigenvalue weighted by atomic mass is 79.9. The number of carbonyl (C=O) groups excluding carboxylic acids is 1. The molecule has 0 aliphatic carbocycles. The Bertz CT molecular complexity index is 331. The van der Waals surface area contributed by atoms with Crippen LogP contribution in [0.15, 0.2) is 28.7 Å². The van der Waals surface area contributed by atoms with E-state index in [9.17, 15) is 4.79 Å². The molecule has 0 aromatic heterocycles. The third-order valence-corrected chi connectivity index (χ3v) is 3.18. The topological polar surface area (TPSA) is 23.6 Å². The van der Waals surface area contributed by atoms with Crippen LogP contribution in [0.2, 0.25) is 0 Å². The molecule has 2 rings (SSSR count). The monoisotopic (exact) mass is 268 g/mol. The van der Waals surface area contributed by atoms with E-state index in [2.05, 4.69) is 33.0 Å². The second-order valence-corrected chi connectivity index (χ2v) is 4.52. The zero-order valence-corrected chi connectivity index (χ0v) is 9.98. The van der Waals surface area contributed by atoms with E-state index in [-0.39, 0.29) is 0 Å². The zero-order chi connectivity index (χ0) is 10.7. The van der Waals surface area contributed by atoms with Gasteiger partial charge in [-0.1, -0.05) is 15.9 Å². The fraction of sp³-hybridized carbons (Fsp3) is 0.364. The molecule has 80 valence electrons. The summed E-state index contributed by atoms with van der Waals surface area (Å²) in [6, 6.07) is 8.28. The fourth-order valence-corrected chi connectivity index (χ4v) is 2.00. The van der Waals surface area contributed by atoms with Gasteiger partial charge >= 0.3 is 0 Å². The van der Waals surface area contributed by atoms with E-state index in [1.807, 2.05) is 17.0 Å². The van der Waals surface area contributed by atoms with Crippen molar-refractivity contribution in [3.05, 3.63) is 28.7 Å². The van der Waals surface area contributed by atoms with Crippen molar-refractivity contribution < 1.29 is 4.79 Å². The number of hydrogen-bond acceptors (Lipinski definition) is 2. The van der Waals surface area contributed by atoms with Gasteiger partial charge in [0.05, 0.1) is 0 Å².